The van der Waals surface area contributed by atoms with E-state index >= 15 is 0 Å². The summed E-state index contributed by atoms with van der Waals surface area (Å²) in [6.07, 6.45) is 1.45. The number of rotatable bonds is 6. The van der Waals surface area contributed by atoms with E-state index in [0.29, 0.717) is 19.7 Å². The molecule has 1 aliphatic rings. The highest BCUT2D eigenvalue weighted by Gasteiger charge is 2.38. The lowest BCUT2D eigenvalue weighted by molar-refractivity contribution is -0.172. The van der Waals surface area contributed by atoms with Crippen molar-refractivity contribution >= 4 is 5.97 Å². The molecule has 112 valence electrons. The topological polar surface area (TPSA) is 59.0 Å². The maximum Gasteiger partial charge on any atom is 0.323 e. The van der Waals surface area contributed by atoms with E-state index in [1.165, 1.54) is 0 Å². The van der Waals surface area contributed by atoms with Crippen LogP contribution in [0.2, 0.25) is 0 Å². The van der Waals surface area contributed by atoms with Crippen LogP contribution in [0.25, 0.3) is 0 Å². The average molecular weight is 273 g/mol. The number of aliphatic hydroxyl groups excluding tert-OH is 1. The fourth-order valence-corrected chi connectivity index (χ4v) is 2.63. The standard InChI is InChI=1S/C14H27NO4/c1-5-7-12(13(17)18-6-2)15-8-11(9-16)19-14(3,4)10-15/h11-12,16H,5-10H2,1-4H3. The molecule has 0 aromatic rings. The minimum absolute atomic E-state index is 0.0262. The van der Waals surface area contributed by atoms with Crippen molar-refractivity contribution in [3.05, 3.63) is 0 Å². The molecule has 0 aromatic heterocycles. The summed E-state index contributed by atoms with van der Waals surface area (Å²) in [5.41, 5.74) is -0.357. The van der Waals surface area contributed by atoms with Gasteiger partial charge in [-0.05, 0) is 27.2 Å². The maximum atomic E-state index is 12.1. The third-order valence-corrected chi connectivity index (χ3v) is 3.27. The van der Waals surface area contributed by atoms with Crippen molar-refractivity contribution in [1.82, 2.24) is 4.90 Å². The van der Waals surface area contributed by atoms with Gasteiger partial charge in [-0.3, -0.25) is 9.69 Å². The van der Waals surface area contributed by atoms with E-state index in [0.717, 1.165) is 12.8 Å². The Kier molecular flexibility index (Phi) is 6.23. The molecule has 2 unspecified atom stereocenters. The van der Waals surface area contributed by atoms with Crippen molar-refractivity contribution in [2.24, 2.45) is 0 Å². The second-order valence-electron chi connectivity index (χ2n) is 5.67. The van der Waals surface area contributed by atoms with Crippen LogP contribution in [-0.2, 0) is 14.3 Å². The number of hydrogen-bond acceptors (Lipinski definition) is 5. The highest BCUT2D eigenvalue weighted by Crippen LogP contribution is 2.24. The molecular weight excluding hydrogens is 246 g/mol. The minimum atomic E-state index is -0.357. The summed E-state index contributed by atoms with van der Waals surface area (Å²) in [4.78, 5) is 14.2. The van der Waals surface area contributed by atoms with E-state index in [-0.39, 0.29) is 30.3 Å². The first-order chi connectivity index (χ1) is 8.93. The number of aliphatic hydroxyl groups is 1. The predicted octanol–water partition coefficient (Wildman–Crippen LogP) is 1.19. The molecule has 1 aliphatic heterocycles. The van der Waals surface area contributed by atoms with E-state index in [1.54, 1.807) is 0 Å². The van der Waals surface area contributed by atoms with Crippen molar-refractivity contribution in [3.8, 4) is 0 Å². The van der Waals surface area contributed by atoms with E-state index in [9.17, 15) is 9.90 Å². The quantitative estimate of drug-likeness (QED) is 0.737. The van der Waals surface area contributed by atoms with Gasteiger partial charge < -0.3 is 14.6 Å². The fourth-order valence-electron chi connectivity index (χ4n) is 2.63. The Morgan fingerprint density at radius 3 is 2.74 bits per heavy atom. The van der Waals surface area contributed by atoms with Crippen LogP contribution in [0, 0.1) is 0 Å². The van der Waals surface area contributed by atoms with Gasteiger partial charge in [0.25, 0.3) is 0 Å². The summed E-state index contributed by atoms with van der Waals surface area (Å²) in [7, 11) is 0. The Hall–Kier alpha value is -0.650. The van der Waals surface area contributed by atoms with Gasteiger partial charge in [0.15, 0.2) is 0 Å². The lowest BCUT2D eigenvalue weighted by atomic mass is 10.0. The van der Waals surface area contributed by atoms with Crippen LogP contribution in [0.1, 0.15) is 40.5 Å². The lowest BCUT2D eigenvalue weighted by Crippen LogP contribution is -2.58. The highest BCUT2D eigenvalue weighted by atomic mass is 16.5. The van der Waals surface area contributed by atoms with Crippen LogP contribution < -0.4 is 0 Å². The molecule has 2 atom stereocenters. The van der Waals surface area contributed by atoms with E-state index < -0.39 is 0 Å². The highest BCUT2D eigenvalue weighted by molar-refractivity contribution is 5.75. The van der Waals surface area contributed by atoms with Gasteiger partial charge in [-0.15, -0.1) is 0 Å². The molecular formula is C14H27NO4. The Morgan fingerprint density at radius 2 is 2.21 bits per heavy atom. The first-order valence-electron chi connectivity index (χ1n) is 7.12. The molecule has 0 spiro atoms. The molecule has 0 aromatic carbocycles. The summed E-state index contributed by atoms with van der Waals surface area (Å²) >= 11 is 0. The molecule has 1 fully saturated rings. The molecule has 5 heteroatoms. The summed E-state index contributed by atoms with van der Waals surface area (Å²) in [5, 5.41) is 9.33. The van der Waals surface area contributed by atoms with Crippen LogP contribution in [0.15, 0.2) is 0 Å². The molecule has 1 saturated heterocycles. The molecule has 0 amide bonds. The number of carbonyl (C=O) groups is 1. The maximum absolute atomic E-state index is 12.1. The molecule has 1 heterocycles. The first kappa shape index (κ1) is 16.4. The Balaban J connectivity index is 2.79. The molecule has 19 heavy (non-hydrogen) atoms. The minimum Gasteiger partial charge on any atom is -0.465 e. The van der Waals surface area contributed by atoms with Crippen LogP contribution in [0.3, 0.4) is 0 Å². The monoisotopic (exact) mass is 273 g/mol. The number of nitrogens with zero attached hydrogens (tertiary/aromatic N) is 1. The van der Waals surface area contributed by atoms with E-state index in [2.05, 4.69) is 11.8 Å². The second kappa shape index (κ2) is 7.22. The van der Waals surface area contributed by atoms with E-state index in [1.807, 2.05) is 20.8 Å². The summed E-state index contributed by atoms with van der Waals surface area (Å²) in [6, 6.07) is -0.234. The van der Waals surface area contributed by atoms with Crippen molar-refractivity contribution in [2.75, 3.05) is 26.3 Å². The molecule has 0 radical (unpaired) electrons. The Bertz CT molecular complexity index is 293. The third kappa shape index (κ3) is 4.75. The Labute approximate surface area is 115 Å². The van der Waals surface area contributed by atoms with Gasteiger partial charge in [0.2, 0.25) is 0 Å². The number of ether oxygens (including phenoxy) is 2. The number of esters is 1. The van der Waals surface area contributed by atoms with Crippen molar-refractivity contribution < 1.29 is 19.4 Å². The average Bonchev–Trinajstić information content (AvgIpc) is 2.34. The molecule has 0 saturated carbocycles. The van der Waals surface area contributed by atoms with Gasteiger partial charge in [0, 0.05) is 13.1 Å². The predicted molar refractivity (Wildman–Crippen MR) is 72.9 cm³/mol. The molecule has 1 rings (SSSR count). The second-order valence-corrected chi connectivity index (χ2v) is 5.67. The smallest absolute Gasteiger partial charge is 0.323 e. The summed E-state index contributed by atoms with van der Waals surface area (Å²) in [6.45, 7) is 9.46. The number of hydrogen-bond donors (Lipinski definition) is 1. The van der Waals surface area contributed by atoms with Crippen LogP contribution >= 0.6 is 0 Å². The van der Waals surface area contributed by atoms with Gasteiger partial charge in [0.05, 0.1) is 24.9 Å². The van der Waals surface area contributed by atoms with Crippen LogP contribution in [-0.4, -0.2) is 60.0 Å². The summed E-state index contributed by atoms with van der Waals surface area (Å²) < 4.78 is 10.9. The van der Waals surface area contributed by atoms with Gasteiger partial charge >= 0.3 is 5.97 Å². The van der Waals surface area contributed by atoms with Gasteiger partial charge in [-0.1, -0.05) is 13.3 Å². The van der Waals surface area contributed by atoms with Crippen molar-refractivity contribution in [2.45, 2.75) is 58.3 Å². The largest absolute Gasteiger partial charge is 0.465 e. The number of carbonyl (C=O) groups excluding carboxylic acids is 1. The van der Waals surface area contributed by atoms with Crippen molar-refractivity contribution in [1.29, 1.82) is 0 Å². The SMILES string of the molecule is CCCC(C(=O)OCC)N1CC(CO)OC(C)(C)C1. The zero-order valence-corrected chi connectivity index (χ0v) is 12.5. The van der Waals surface area contributed by atoms with Crippen LogP contribution in [0.4, 0.5) is 0 Å². The summed E-state index contributed by atoms with van der Waals surface area (Å²) in [5.74, 6) is -0.168. The zero-order valence-electron chi connectivity index (χ0n) is 12.5. The first-order valence-corrected chi connectivity index (χ1v) is 7.12. The third-order valence-electron chi connectivity index (χ3n) is 3.27. The Morgan fingerprint density at radius 1 is 1.53 bits per heavy atom. The number of morpholine rings is 1. The molecule has 5 nitrogen and oxygen atoms in total. The molecule has 1 N–H and O–H groups in total. The molecule has 0 aliphatic carbocycles. The van der Waals surface area contributed by atoms with E-state index in [4.69, 9.17) is 9.47 Å². The van der Waals surface area contributed by atoms with Crippen LogP contribution in [0.5, 0.6) is 0 Å². The lowest BCUT2D eigenvalue weighted by Gasteiger charge is -2.44. The van der Waals surface area contributed by atoms with Gasteiger partial charge in [-0.25, -0.2) is 0 Å². The fraction of sp³-hybridized carbons (Fsp3) is 0.929. The zero-order chi connectivity index (χ0) is 14.5. The van der Waals surface area contributed by atoms with Crippen molar-refractivity contribution in [3.63, 3.8) is 0 Å². The normalized spacial score (nSPS) is 25.0. The van der Waals surface area contributed by atoms with Gasteiger partial charge in [-0.2, -0.15) is 0 Å². The van der Waals surface area contributed by atoms with Gasteiger partial charge in [0.1, 0.15) is 6.04 Å². The molecule has 0 bridgehead atoms.